The molecule has 206 valence electrons. The molecule has 0 spiro atoms. The highest BCUT2D eigenvalue weighted by Gasteiger charge is 2.46. The van der Waals surface area contributed by atoms with Crippen molar-refractivity contribution in [1.29, 1.82) is 0 Å². The van der Waals surface area contributed by atoms with Crippen molar-refractivity contribution < 1.29 is 19.7 Å². The number of rotatable bonds is 22. The Balaban J connectivity index is 1.86. The summed E-state index contributed by atoms with van der Waals surface area (Å²) in [6.07, 6.45) is 29.0. The molecule has 0 saturated carbocycles. The molecule has 1 amide bonds. The molecule has 2 N–H and O–H groups in total. The zero-order valence-corrected chi connectivity index (χ0v) is 23.3. The number of carbonyl (C=O) groups is 1. The zero-order chi connectivity index (χ0) is 25.8. The monoisotopic (exact) mass is 495 g/mol. The molecule has 0 bridgehead atoms. The van der Waals surface area contributed by atoms with Gasteiger partial charge in [-0.3, -0.25) is 4.90 Å². The average molecular weight is 496 g/mol. The first-order valence-electron chi connectivity index (χ1n) is 14.9. The third kappa shape index (κ3) is 14.9. The maximum Gasteiger partial charge on any atom is 0.410 e. The van der Waals surface area contributed by atoms with E-state index >= 15 is 0 Å². The second kappa shape index (κ2) is 20.0. The van der Waals surface area contributed by atoms with Gasteiger partial charge in [-0.25, -0.2) is 4.79 Å². The van der Waals surface area contributed by atoms with Crippen LogP contribution in [-0.2, 0) is 4.74 Å². The first kappa shape index (κ1) is 32.0. The van der Waals surface area contributed by atoms with Crippen LogP contribution in [0.25, 0.3) is 0 Å². The number of amides is 1. The average Bonchev–Trinajstić information content (AvgIpc) is 3.15. The van der Waals surface area contributed by atoms with E-state index in [1.54, 1.807) is 19.9 Å². The number of aliphatic hydroxyl groups is 1. The fraction of sp³-hybridized carbons (Fsp3) is 0.900. The van der Waals surface area contributed by atoms with Gasteiger partial charge in [0.2, 0.25) is 0 Å². The van der Waals surface area contributed by atoms with Crippen LogP contribution in [0.3, 0.4) is 0 Å². The largest absolute Gasteiger partial charge is 0.465 e. The minimum absolute atomic E-state index is 0.226. The topological polar surface area (TPSA) is 70.0 Å². The van der Waals surface area contributed by atoms with Crippen LogP contribution >= 0.6 is 0 Å². The molecule has 0 radical (unpaired) electrons. The van der Waals surface area contributed by atoms with Gasteiger partial charge in [0, 0.05) is 0 Å². The zero-order valence-electron chi connectivity index (χ0n) is 23.3. The molecule has 0 aromatic carbocycles. The third-order valence-electron chi connectivity index (χ3n) is 7.43. The van der Waals surface area contributed by atoms with Gasteiger partial charge in [-0.1, -0.05) is 135 Å². The summed E-state index contributed by atoms with van der Waals surface area (Å²) >= 11 is 0. The van der Waals surface area contributed by atoms with Crippen LogP contribution in [0.2, 0.25) is 0 Å². The van der Waals surface area contributed by atoms with Crippen molar-refractivity contribution in [1.82, 2.24) is 4.90 Å². The van der Waals surface area contributed by atoms with Gasteiger partial charge in [0.1, 0.15) is 5.72 Å². The summed E-state index contributed by atoms with van der Waals surface area (Å²) in [6.45, 7) is 5.95. The van der Waals surface area contributed by atoms with Gasteiger partial charge in [0.15, 0.2) is 0 Å². The van der Waals surface area contributed by atoms with E-state index in [-0.39, 0.29) is 6.61 Å². The highest BCUT2D eigenvalue weighted by Crippen LogP contribution is 2.29. The van der Waals surface area contributed by atoms with Crippen molar-refractivity contribution in [3.8, 4) is 0 Å². The Hall–Kier alpha value is -1.07. The first-order valence-corrected chi connectivity index (χ1v) is 14.9. The molecule has 35 heavy (non-hydrogen) atoms. The van der Waals surface area contributed by atoms with Crippen LogP contribution < -0.4 is 0 Å². The van der Waals surface area contributed by atoms with Crippen molar-refractivity contribution in [3.05, 3.63) is 12.2 Å². The van der Waals surface area contributed by atoms with Crippen molar-refractivity contribution in [2.75, 3.05) is 6.61 Å². The Morgan fingerprint density at radius 1 is 0.829 bits per heavy atom. The third-order valence-corrected chi connectivity index (χ3v) is 7.43. The molecule has 5 nitrogen and oxygen atoms in total. The molecule has 1 aliphatic heterocycles. The van der Waals surface area contributed by atoms with Gasteiger partial charge in [-0.05, 0) is 26.7 Å². The fourth-order valence-corrected chi connectivity index (χ4v) is 5.16. The number of aliphatic hydroxyl groups excluding tert-OH is 1. The maximum atomic E-state index is 11.5. The lowest BCUT2D eigenvalue weighted by Gasteiger charge is -2.32. The number of ether oxygens (including phenoxy) is 1. The van der Waals surface area contributed by atoms with E-state index in [0.717, 1.165) is 12.8 Å². The lowest BCUT2D eigenvalue weighted by molar-refractivity contribution is -0.0450. The summed E-state index contributed by atoms with van der Waals surface area (Å²) in [6, 6.07) is -0.538. The Bertz CT molecular complexity index is 548. The second-order valence-corrected chi connectivity index (χ2v) is 11.0. The number of hydrogen-bond acceptors (Lipinski definition) is 3. The Morgan fingerprint density at radius 3 is 1.63 bits per heavy atom. The van der Waals surface area contributed by atoms with Gasteiger partial charge in [0.05, 0.1) is 18.8 Å². The second-order valence-electron chi connectivity index (χ2n) is 11.0. The van der Waals surface area contributed by atoms with Crippen molar-refractivity contribution in [3.63, 3.8) is 0 Å². The van der Waals surface area contributed by atoms with E-state index in [1.165, 1.54) is 120 Å². The number of allylic oxidation sites excluding steroid dienone is 1. The van der Waals surface area contributed by atoms with E-state index in [4.69, 9.17) is 4.74 Å². The van der Waals surface area contributed by atoms with E-state index in [9.17, 15) is 15.0 Å². The van der Waals surface area contributed by atoms with E-state index < -0.39 is 24.0 Å². The normalized spacial score (nSPS) is 18.5. The molecule has 0 unspecified atom stereocenters. The summed E-state index contributed by atoms with van der Waals surface area (Å²) in [5.41, 5.74) is -0.891. The van der Waals surface area contributed by atoms with Crippen LogP contribution in [0.5, 0.6) is 0 Å². The molecular weight excluding hydrogens is 438 g/mol. The van der Waals surface area contributed by atoms with Crippen LogP contribution in [-0.4, -0.2) is 45.7 Å². The van der Waals surface area contributed by atoms with Crippen LogP contribution in [0.15, 0.2) is 12.2 Å². The molecule has 1 heterocycles. The summed E-state index contributed by atoms with van der Waals surface area (Å²) in [4.78, 5) is 12.7. The van der Waals surface area contributed by atoms with E-state index in [1.807, 2.05) is 6.08 Å². The molecule has 1 fully saturated rings. The SMILES string of the molecule is CCCCCCCCCCCCCCCCCCCCC/C=C/[C@@H](O)[C@@H]1COC(C)(C)N1C(=O)O. The summed E-state index contributed by atoms with van der Waals surface area (Å²) < 4.78 is 5.55. The van der Waals surface area contributed by atoms with Crippen LogP contribution in [0.1, 0.15) is 149 Å². The van der Waals surface area contributed by atoms with Gasteiger partial charge in [0.25, 0.3) is 0 Å². The molecule has 2 atom stereocenters. The summed E-state index contributed by atoms with van der Waals surface area (Å²) in [5.74, 6) is 0. The molecule has 0 aromatic heterocycles. The van der Waals surface area contributed by atoms with Crippen molar-refractivity contribution >= 4 is 6.09 Å². The van der Waals surface area contributed by atoms with Crippen molar-refractivity contribution in [2.45, 2.75) is 167 Å². The lowest BCUT2D eigenvalue weighted by Crippen LogP contribution is -2.50. The Kier molecular flexibility index (Phi) is 18.3. The Morgan fingerprint density at radius 2 is 1.23 bits per heavy atom. The minimum atomic E-state index is -1.05. The predicted octanol–water partition coefficient (Wildman–Crippen LogP) is 8.84. The first-order chi connectivity index (χ1) is 16.9. The predicted molar refractivity (Wildman–Crippen MR) is 147 cm³/mol. The number of carboxylic acid groups (broad SMARTS) is 1. The minimum Gasteiger partial charge on any atom is -0.465 e. The molecule has 5 heteroatoms. The van der Waals surface area contributed by atoms with E-state index in [2.05, 4.69) is 6.92 Å². The number of hydrogen-bond donors (Lipinski definition) is 2. The lowest BCUT2D eigenvalue weighted by atomic mass is 10.0. The molecule has 1 saturated heterocycles. The number of unbranched alkanes of at least 4 members (excludes halogenated alkanes) is 19. The van der Waals surface area contributed by atoms with Crippen LogP contribution in [0, 0.1) is 0 Å². The molecular formula is C30H57NO4. The standard InChI is InChI=1S/C30H57NO4/c1-4-5-6-7-8-9-10-11-12-13-14-15-16-17-18-19-20-21-22-23-24-25-28(32)27-26-35-30(2,3)31(27)29(33)34/h24-25,27-28,32H,4-23,26H2,1-3H3,(H,33,34)/b25-24+/t27-,28+/m0/s1. The summed E-state index contributed by atoms with van der Waals surface area (Å²) in [5, 5.41) is 19.8. The van der Waals surface area contributed by atoms with E-state index in [0.29, 0.717) is 0 Å². The number of nitrogens with zero attached hydrogens (tertiary/aromatic N) is 1. The smallest absolute Gasteiger partial charge is 0.410 e. The molecule has 1 rings (SSSR count). The van der Waals surface area contributed by atoms with Gasteiger partial charge < -0.3 is 14.9 Å². The van der Waals surface area contributed by atoms with Gasteiger partial charge in [-0.15, -0.1) is 0 Å². The van der Waals surface area contributed by atoms with Crippen molar-refractivity contribution in [2.24, 2.45) is 0 Å². The molecule has 1 aliphatic rings. The maximum absolute atomic E-state index is 11.5. The summed E-state index contributed by atoms with van der Waals surface area (Å²) in [7, 11) is 0. The Labute approximate surface area is 216 Å². The quantitative estimate of drug-likeness (QED) is 0.116. The highest BCUT2D eigenvalue weighted by molar-refractivity contribution is 5.67. The molecule has 0 aromatic rings. The van der Waals surface area contributed by atoms with Crippen LogP contribution in [0.4, 0.5) is 4.79 Å². The highest BCUT2D eigenvalue weighted by atomic mass is 16.5. The molecule has 0 aliphatic carbocycles. The van der Waals surface area contributed by atoms with Gasteiger partial charge in [-0.2, -0.15) is 0 Å². The van der Waals surface area contributed by atoms with Gasteiger partial charge >= 0.3 is 6.09 Å². The fourth-order valence-electron chi connectivity index (χ4n) is 5.16.